The molecule has 3 aromatic rings. The molecule has 0 fully saturated rings. The van der Waals surface area contributed by atoms with Gasteiger partial charge in [-0.1, -0.05) is 18.2 Å². The monoisotopic (exact) mass is 483 g/mol. The molecule has 0 aliphatic heterocycles. The van der Waals surface area contributed by atoms with E-state index in [-0.39, 0.29) is 11.6 Å². The zero-order valence-electron chi connectivity index (χ0n) is 17.9. The van der Waals surface area contributed by atoms with E-state index >= 15 is 0 Å². The van der Waals surface area contributed by atoms with Crippen molar-refractivity contribution in [1.29, 1.82) is 0 Å². The van der Waals surface area contributed by atoms with Crippen molar-refractivity contribution in [3.05, 3.63) is 100 Å². The molecule has 3 atom stereocenters. The van der Waals surface area contributed by atoms with Gasteiger partial charge in [0, 0.05) is 17.8 Å². The fraction of sp³-hybridized carbons (Fsp3) is 0.320. The molecule has 0 amide bonds. The first-order chi connectivity index (χ1) is 15.9. The standard InChI is InChI=1S/C25H20F7NO/c1-14(16-11-17(24(27,28)29)13-18(12-16)25(30,31)32)34-22-9-8-21-20(3-2-10-33-21)23(22)15-4-6-19(26)7-5-15/h2-7,10-14,22-23H,8-9H2,1H3/t14?,22-,23-/m1/s1. The van der Waals surface area contributed by atoms with Crippen molar-refractivity contribution < 1.29 is 35.5 Å². The number of hydrogen-bond acceptors (Lipinski definition) is 2. The summed E-state index contributed by atoms with van der Waals surface area (Å²) in [5.74, 6) is -0.839. The Hall–Kier alpha value is -2.94. The summed E-state index contributed by atoms with van der Waals surface area (Å²) in [6.07, 6.45) is -8.89. The number of ether oxygens (including phenoxy) is 1. The highest BCUT2D eigenvalue weighted by atomic mass is 19.4. The number of fused-ring (bicyclic) bond motifs is 1. The lowest BCUT2D eigenvalue weighted by Crippen LogP contribution is -2.30. The van der Waals surface area contributed by atoms with Crippen LogP contribution in [-0.4, -0.2) is 11.1 Å². The van der Waals surface area contributed by atoms with Crippen LogP contribution >= 0.6 is 0 Å². The predicted molar refractivity (Wildman–Crippen MR) is 111 cm³/mol. The summed E-state index contributed by atoms with van der Waals surface area (Å²) in [5.41, 5.74) is -0.632. The van der Waals surface area contributed by atoms with Crippen molar-refractivity contribution in [1.82, 2.24) is 4.98 Å². The Bertz CT molecular complexity index is 1120. The van der Waals surface area contributed by atoms with E-state index in [2.05, 4.69) is 4.98 Å². The zero-order valence-corrected chi connectivity index (χ0v) is 17.9. The SMILES string of the molecule is CC(O[C@@H]1CCc2ncccc2[C@H]1c1ccc(F)cc1)c1cc(C(F)(F)F)cc(C(F)(F)F)c1. The van der Waals surface area contributed by atoms with Gasteiger partial charge < -0.3 is 4.74 Å². The Kier molecular flexibility index (Phi) is 6.42. The minimum absolute atomic E-state index is 0.0973. The van der Waals surface area contributed by atoms with Crippen LogP contribution in [0, 0.1) is 5.82 Å². The van der Waals surface area contributed by atoms with E-state index in [1.807, 2.05) is 6.07 Å². The Labute approximate surface area is 191 Å². The fourth-order valence-electron chi connectivity index (χ4n) is 4.35. The Morgan fingerprint density at radius 2 is 1.53 bits per heavy atom. The molecule has 0 bridgehead atoms. The van der Waals surface area contributed by atoms with Crippen LogP contribution in [0.15, 0.2) is 60.8 Å². The Morgan fingerprint density at radius 3 is 2.12 bits per heavy atom. The number of halogens is 7. The lowest BCUT2D eigenvalue weighted by Gasteiger charge is -2.35. The van der Waals surface area contributed by atoms with Crippen LogP contribution in [0.1, 0.15) is 58.9 Å². The first kappa shape index (κ1) is 24.2. The molecular weight excluding hydrogens is 463 g/mol. The summed E-state index contributed by atoms with van der Waals surface area (Å²) in [7, 11) is 0. The van der Waals surface area contributed by atoms with Crippen molar-refractivity contribution in [3.63, 3.8) is 0 Å². The highest BCUT2D eigenvalue weighted by Gasteiger charge is 2.38. The van der Waals surface area contributed by atoms with Crippen LogP contribution in [0.2, 0.25) is 0 Å². The van der Waals surface area contributed by atoms with Gasteiger partial charge in [-0.25, -0.2) is 4.39 Å². The molecular formula is C25H20F7NO. The third-order valence-corrected chi connectivity index (χ3v) is 5.99. The molecule has 2 aromatic carbocycles. The van der Waals surface area contributed by atoms with E-state index in [4.69, 9.17) is 4.74 Å². The van der Waals surface area contributed by atoms with E-state index in [0.717, 1.165) is 11.3 Å². The van der Waals surface area contributed by atoms with Gasteiger partial charge >= 0.3 is 12.4 Å². The number of pyridine rings is 1. The summed E-state index contributed by atoms with van der Waals surface area (Å²) >= 11 is 0. The Balaban J connectivity index is 1.70. The van der Waals surface area contributed by atoms with Crippen molar-refractivity contribution in [2.24, 2.45) is 0 Å². The molecule has 0 spiro atoms. The first-order valence-electron chi connectivity index (χ1n) is 10.6. The van der Waals surface area contributed by atoms with Gasteiger partial charge in [0.05, 0.1) is 23.3 Å². The zero-order chi connectivity index (χ0) is 24.7. The van der Waals surface area contributed by atoms with Crippen molar-refractivity contribution in [2.75, 3.05) is 0 Å². The summed E-state index contributed by atoms with van der Waals surface area (Å²) in [6.45, 7) is 1.43. The number of hydrogen-bond donors (Lipinski definition) is 0. The smallest absolute Gasteiger partial charge is 0.370 e. The maximum atomic E-state index is 13.5. The molecule has 1 heterocycles. The number of alkyl halides is 6. The quantitative estimate of drug-likeness (QED) is 0.359. The van der Waals surface area contributed by atoms with Crippen molar-refractivity contribution in [2.45, 2.75) is 50.2 Å². The predicted octanol–water partition coefficient (Wildman–Crippen LogP) is 7.48. The lowest BCUT2D eigenvalue weighted by atomic mass is 9.78. The summed E-state index contributed by atoms with van der Waals surface area (Å²) in [6, 6.07) is 10.8. The second-order valence-electron chi connectivity index (χ2n) is 8.26. The number of aromatic nitrogens is 1. The van der Waals surface area contributed by atoms with Crippen molar-refractivity contribution >= 4 is 0 Å². The van der Waals surface area contributed by atoms with Gasteiger partial charge in [0.1, 0.15) is 5.82 Å². The van der Waals surface area contributed by atoms with Crippen LogP contribution < -0.4 is 0 Å². The second kappa shape index (κ2) is 9.02. The van der Waals surface area contributed by atoms with E-state index < -0.39 is 47.4 Å². The third-order valence-electron chi connectivity index (χ3n) is 5.99. The largest absolute Gasteiger partial charge is 0.416 e. The maximum Gasteiger partial charge on any atom is 0.416 e. The molecule has 1 aliphatic carbocycles. The molecule has 2 nitrogen and oxygen atoms in total. The summed E-state index contributed by atoms with van der Waals surface area (Å²) in [5, 5.41) is 0. The molecule has 34 heavy (non-hydrogen) atoms. The maximum absolute atomic E-state index is 13.5. The van der Waals surface area contributed by atoms with E-state index in [1.165, 1.54) is 19.1 Å². The van der Waals surface area contributed by atoms with Crippen LogP contribution in [0.3, 0.4) is 0 Å². The van der Waals surface area contributed by atoms with Gasteiger partial charge in [0.25, 0.3) is 0 Å². The van der Waals surface area contributed by atoms with Gasteiger partial charge in [0.15, 0.2) is 0 Å². The van der Waals surface area contributed by atoms with Crippen LogP contribution in [-0.2, 0) is 23.5 Å². The number of nitrogens with zero attached hydrogens (tertiary/aromatic N) is 1. The van der Waals surface area contributed by atoms with Crippen LogP contribution in [0.5, 0.6) is 0 Å². The van der Waals surface area contributed by atoms with Crippen molar-refractivity contribution in [3.8, 4) is 0 Å². The van der Waals surface area contributed by atoms with E-state index in [0.29, 0.717) is 30.5 Å². The first-order valence-corrected chi connectivity index (χ1v) is 10.6. The van der Waals surface area contributed by atoms with Gasteiger partial charge in [0.2, 0.25) is 0 Å². The van der Waals surface area contributed by atoms with Crippen LogP contribution in [0.25, 0.3) is 0 Å². The van der Waals surface area contributed by atoms with Gasteiger partial charge in [-0.3, -0.25) is 4.98 Å². The minimum Gasteiger partial charge on any atom is -0.370 e. The number of rotatable bonds is 4. The lowest BCUT2D eigenvalue weighted by molar-refractivity contribution is -0.143. The molecule has 1 aliphatic rings. The molecule has 1 unspecified atom stereocenters. The number of aryl methyl sites for hydroxylation is 1. The molecule has 0 radical (unpaired) electrons. The van der Waals surface area contributed by atoms with Gasteiger partial charge in [-0.2, -0.15) is 26.3 Å². The number of benzene rings is 2. The summed E-state index contributed by atoms with van der Waals surface area (Å²) in [4.78, 5) is 4.38. The fourth-order valence-corrected chi connectivity index (χ4v) is 4.35. The third kappa shape index (κ3) is 5.09. The van der Waals surface area contributed by atoms with E-state index in [1.54, 1.807) is 24.4 Å². The molecule has 0 saturated heterocycles. The normalized spacial score (nSPS) is 19.5. The highest BCUT2D eigenvalue weighted by molar-refractivity contribution is 5.39. The highest BCUT2D eigenvalue weighted by Crippen LogP contribution is 2.42. The van der Waals surface area contributed by atoms with E-state index in [9.17, 15) is 30.7 Å². The second-order valence-corrected chi connectivity index (χ2v) is 8.26. The molecule has 4 rings (SSSR count). The van der Waals surface area contributed by atoms with Gasteiger partial charge in [-0.15, -0.1) is 0 Å². The minimum atomic E-state index is -4.94. The Morgan fingerprint density at radius 1 is 0.912 bits per heavy atom. The molecule has 0 saturated carbocycles. The molecule has 1 aromatic heterocycles. The van der Waals surface area contributed by atoms with Crippen LogP contribution in [0.4, 0.5) is 30.7 Å². The molecule has 180 valence electrons. The average Bonchev–Trinajstić information content (AvgIpc) is 2.78. The average molecular weight is 483 g/mol. The molecule has 0 N–H and O–H groups in total. The topological polar surface area (TPSA) is 22.1 Å². The molecule has 9 heteroatoms. The summed E-state index contributed by atoms with van der Waals surface area (Å²) < 4.78 is 99.4. The van der Waals surface area contributed by atoms with Gasteiger partial charge in [-0.05, 0) is 72.9 Å².